The molecule has 3 heterocycles. The molecule has 0 fully saturated rings. The fourth-order valence-corrected chi connectivity index (χ4v) is 3.84. The summed E-state index contributed by atoms with van der Waals surface area (Å²) in [7, 11) is 0. The summed E-state index contributed by atoms with van der Waals surface area (Å²) >= 11 is 0. The second kappa shape index (κ2) is 7.88. The molecule has 5 rings (SSSR count). The number of aromatic hydroxyl groups is 1. The van der Waals surface area contributed by atoms with Crippen molar-refractivity contribution >= 4 is 11.7 Å². The molecule has 0 saturated heterocycles. The molecule has 32 heavy (non-hydrogen) atoms. The highest BCUT2D eigenvalue weighted by atomic mass is 19.1. The third-order valence-electron chi connectivity index (χ3n) is 5.42. The van der Waals surface area contributed by atoms with Crippen molar-refractivity contribution < 1.29 is 27.7 Å². The Morgan fingerprint density at radius 3 is 2.72 bits per heavy atom. The summed E-state index contributed by atoms with van der Waals surface area (Å²) in [5.41, 5.74) is 0.963. The van der Waals surface area contributed by atoms with E-state index in [1.165, 1.54) is 41.3 Å². The van der Waals surface area contributed by atoms with Gasteiger partial charge in [-0.25, -0.2) is 18.6 Å². The maximum absolute atomic E-state index is 14.6. The highest BCUT2D eigenvalue weighted by Crippen LogP contribution is 2.29. The van der Waals surface area contributed by atoms with E-state index in [2.05, 4.69) is 10.3 Å². The molecule has 0 aliphatic carbocycles. The molecule has 1 aliphatic rings. The van der Waals surface area contributed by atoms with Crippen LogP contribution in [-0.4, -0.2) is 22.0 Å². The van der Waals surface area contributed by atoms with Crippen LogP contribution in [0.4, 0.5) is 14.6 Å². The minimum atomic E-state index is -0.845. The van der Waals surface area contributed by atoms with Gasteiger partial charge in [0.15, 0.2) is 11.6 Å². The fourth-order valence-electron chi connectivity index (χ4n) is 3.84. The van der Waals surface area contributed by atoms with Gasteiger partial charge in [0.1, 0.15) is 29.2 Å². The molecule has 2 aromatic carbocycles. The molecule has 4 aromatic rings. The largest absolute Gasteiger partial charge is 0.505 e. The number of rotatable bonds is 5. The minimum Gasteiger partial charge on any atom is -0.505 e. The Labute approximate surface area is 181 Å². The Balaban J connectivity index is 1.61. The van der Waals surface area contributed by atoms with Crippen LogP contribution < -0.4 is 9.88 Å². The van der Waals surface area contributed by atoms with Gasteiger partial charge in [0.25, 0.3) is 0 Å². The number of hydrogen-bond acceptors (Lipinski definition) is 5. The quantitative estimate of drug-likeness (QED) is 0.466. The van der Waals surface area contributed by atoms with Crippen LogP contribution >= 0.6 is 0 Å². The van der Waals surface area contributed by atoms with Crippen molar-refractivity contribution in [3.63, 3.8) is 0 Å². The van der Waals surface area contributed by atoms with Crippen molar-refractivity contribution in [1.29, 1.82) is 0 Å². The minimum absolute atomic E-state index is 0.0392. The molecule has 0 saturated carbocycles. The van der Waals surface area contributed by atoms with Gasteiger partial charge in [0, 0.05) is 12.0 Å². The van der Waals surface area contributed by atoms with Crippen molar-refractivity contribution in [3.05, 3.63) is 95.7 Å². The number of anilines is 1. The van der Waals surface area contributed by atoms with Crippen LogP contribution in [0, 0.1) is 11.6 Å². The van der Waals surface area contributed by atoms with Crippen LogP contribution in [0.1, 0.15) is 21.8 Å². The molecule has 8 heteroatoms. The number of fused-ring (bicyclic) bond motifs is 1. The number of furan rings is 1. The normalized spacial score (nSPS) is 14.9. The van der Waals surface area contributed by atoms with E-state index in [9.17, 15) is 18.7 Å². The summed E-state index contributed by atoms with van der Waals surface area (Å²) < 4.78 is 35.7. The second-order valence-corrected chi connectivity index (χ2v) is 7.52. The Morgan fingerprint density at radius 1 is 1.09 bits per heavy atom. The maximum Gasteiger partial charge on any atom is 0.359 e. The lowest BCUT2D eigenvalue weighted by atomic mass is 10.1. The Kier molecular flexibility index (Phi) is 4.89. The molecule has 1 aliphatic heterocycles. The van der Waals surface area contributed by atoms with E-state index in [1.54, 1.807) is 30.3 Å². The number of nitrogens with one attached hydrogen (secondary N) is 1. The number of phenols is 1. The summed E-state index contributed by atoms with van der Waals surface area (Å²) in [6.07, 6.45) is 3.35. The van der Waals surface area contributed by atoms with Crippen molar-refractivity contribution in [2.24, 2.45) is 0 Å². The molecule has 0 bridgehead atoms. The van der Waals surface area contributed by atoms with Gasteiger partial charge in [-0.3, -0.25) is 5.32 Å². The van der Waals surface area contributed by atoms with Crippen molar-refractivity contribution in [2.45, 2.75) is 18.9 Å². The fraction of sp³-hybridized carbons (Fsp3) is 0.125. The first-order valence-corrected chi connectivity index (χ1v) is 10.0. The summed E-state index contributed by atoms with van der Waals surface area (Å²) in [6, 6.07) is 13.4. The SMILES string of the molecule is O=C1C(Cc2ccco2)Nc2c(Cc3ccccc3F)nc(-c3cccc(O)c3F)c[n+]21. The van der Waals surface area contributed by atoms with Gasteiger partial charge >= 0.3 is 11.7 Å². The zero-order valence-electron chi connectivity index (χ0n) is 16.8. The molecule has 1 unspecified atom stereocenters. The summed E-state index contributed by atoms with van der Waals surface area (Å²) in [5, 5.41) is 12.9. The van der Waals surface area contributed by atoms with Gasteiger partial charge in [0.2, 0.25) is 6.04 Å². The zero-order chi connectivity index (χ0) is 22.2. The van der Waals surface area contributed by atoms with Crippen LogP contribution in [0.5, 0.6) is 5.75 Å². The highest BCUT2D eigenvalue weighted by Gasteiger charge is 2.41. The topological polar surface area (TPSA) is 79.2 Å². The molecule has 0 radical (unpaired) electrons. The van der Waals surface area contributed by atoms with Crippen molar-refractivity contribution in [2.75, 3.05) is 5.32 Å². The first kappa shape index (κ1) is 19.9. The predicted molar refractivity (Wildman–Crippen MR) is 111 cm³/mol. The monoisotopic (exact) mass is 434 g/mol. The van der Waals surface area contributed by atoms with Gasteiger partial charge in [-0.15, -0.1) is 0 Å². The van der Waals surface area contributed by atoms with E-state index in [4.69, 9.17) is 4.42 Å². The smallest absolute Gasteiger partial charge is 0.359 e. The second-order valence-electron chi connectivity index (χ2n) is 7.52. The number of carbonyl (C=O) groups excluding carboxylic acids is 1. The standard InChI is InChI=1S/C24H17F2N3O3/c25-17-8-2-1-5-14(17)11-18-23-28-19(12-15-6-4-10-32-15)24(31)29(23)13-20(27-18)16-7-3-9-21(30)22(16)26/h1-10,13,19,30H,11-12H2/p+1. The Hall–Kier alpha value is -4.07. The van der Waals surface area contributed by atoms with Gasteiger partial charge in [-0.2, -0.15) is 4.57 Å². The molecule has 0 amide bonds. The third kappa shape index (κ3) is 3.49. The van der Waals surface area contributed by atoms with Gasteiger partial charge < -0.3 is 9.52 Å². The molecular weight excluding hydrogens is 416 g/mol. The van der Waals surface area contributed by atoms with E-state index >= 15 is 0 Å². The average molecular weight is 434 g/mol. The summed E-state index contributed by atoms with van der Waals surface area (Å²) in [6.45, 7) is 0. The summed E-state index contributed by atoms with van der Waals surface area (Å²) in [4.78, 5) is 17.7. The van der Waals surface area contributed by atoms with Gasteiger partial charge in [0.05, 0.1) is 12.7 Å². The molecule has 2 N–H and O–H groups in total. The van der Waals surface area contributed by atoms with Crippen molar-refractivity contribution in [1.82, 2.24) is 4.98 Å². The number of benzene rings is 2. The molecule has 160 valence electrons. The first-order chi connectivity index (χ1) is 15.5. The number of carbonyl (C=O) groups is 1. The lowest BCUT2D eigenvalue weighted by molar-refractivity contribution is -0.552. The third-order valence-corrected chi connectivity index (χ3v) is 5.42. The van der Waals surface area contributed by atoms with Gasteiger partial charge in [-0.1, -0.05) is 24.3 Å². The zero-order valence-corrected chi connectivity index (χ0v) is 16.8. The molecular formula is C24H18F2N3O3+. The highest BCUT2D eigenvalue weighted by molar-refractivity contribution is 5.82. The van der Waals surface area contributed by atoms with Crippen LogP contribution in [0.3, 0.4) is 0 Å². The van der Waals surface area contributed by atoms with E-state index in [1.807, 2.05) is 0 Å². The maximum atomic E-state index is 14.6. The number of phenolic OH excluding ortho intramolecular Hbond substituents is 1. The Bertz CT molecular complexity index is 1320. The number of nitrogens with zero attached hydrogens (tertiary/aromatic N) is 2. The number of halogens is 2. The predicted octanol–water partition coefficient (Wildman–Crippen LogP) is 3.88. The van der Waals surface area contributed by atoms with Crippen LogP contribution in [0.25, 0.3) is 11.3 Å². The molecule has 2 aromatic heterocycles. The van der Waals surface area contributed by atoms with Crippen LogP contribution in [-0.2, 0) is 12.8 Å². The molecule has 6 nitrogen and oxygen atoms in total. The van der Waals surface area contributed by atoms with Crippen LogP contribution in [0.2, 0.25) is 0 Å². The lowest BCUT2D eigenvalue weighted by Gasteiger charge is -2.09. The lowest BCUT2D eigenvalue weighted by Crippen LogP contribution is -2.44. The first-order valence-electron chi connectivity index (χ1n) is 10.0. The molecule has 0 spiro atoms. The van der Waals surface area contributed by atoms with E-state index in [-0.39, 0.29) is 23.6 Å². The van der Waals surface area contributed by atoms with Crippen molar-refractivity contribution in [3.8, 4) is 17.0 Å². The van der Waals surface area contributed by atoms with E-state index in [0.717, 1.165) is 0 Å². The van der Waals surface area contributed by atoms with Crippen LogP contribution in [0.15, 0.2) is 71.5 Å². The van der Waals surface area contributed by atoms with Gasteiger partial charge in [-0.05, 0) is 35.9 Å². The van der Waals surface area contributed by atoms with E-state index < -0.39 is 23.4 Å². The number of aromatic nitrogens is 2. The molecule has 1 atom stereocenters. The van der Waals surface area contributed by atoms with E-state index in [0.29, 0.717) is 29.3 Å². The number of hydrogen-bond donors (Lipinski definition) is 2. The Morgan fingerprint density at radius 2 is 1.94 bits per heavy atom. The summed E-state index contributed by atoms with van der Waals surface area (Å²) in [5.74, 6) is -0.992. The average Bonchev–Trinajstić information content (AvgIpc) is 3.41.